The first-order valence-corrected chi connectivity index (χ1v) is 10.1. The van der Waals surface area contributed by atoms with Gasteiger partial charge in [-0.2, -0.15) is 0 Å². The van der Waals surface area contributed by atoms with Crippen molar-refractivity contribution >= 4 is 23.7 Å². The van der Waals surface area contributed by atoms with Gasteiger partial charge in [0, 0.05) is 29.2 Å². The van der Waals surface area contributed by atoms with Crippen LogP contribution < -0.4 is 5.32 Å². The van der Waals surface area contributed by atoms with Crippen molar-refractivity contribution in [2.24, 2.45) is 0 Å². The number of rotatable bonds is 5. The number of nitrogens with zero attached hydrogens (tertiary/aromatic N) is 3. The molecule has 0 saturated carbocycles. The maximum absolute atomic E-state index is 12.9. The van der Waals surface area contributed by atoms with Crippen LogP contribution in [0.4, 0.5) is 10.5 Å². The number of aryl methyl sites for hydroxylation is 2. The monoisotopic (exact) mass is 430 g/mol. The van der Waals surface area contributed by atoms with E-state index >= 15 is 0 Å². The normalized spacial score (nSPS) is 14.8. The van der Waals surface area contributed by atoms with E-state index in [0.717, 1.165) is 33.8 Å². The summed E-state index contributed by atoms with van der Waals surface area (Å²) in [7, 11) is 0. The number of benzene rings is 2. The molecule has 0 spiro atoms. The topological polar surface area (TPSA) is 97.5 Å². The van der Waals surface area contributed by atoms with Crippen LogP contribution in [-0.4, -0.2) is 26.3 Å². The third-order valence-electron chi connectivity index (χ3n) is 5.51. The molecule has 8 nitrogen and oxygen atoms in total. The lowest BCUT2D eigenvalue weighted by Crippen LogP contribution is -2.30. The largest absolute Gasteiger partial charge is 0.329 e. The van der Waals surface area contributed by atoms with Crippen molar-refractivity contribution in [3.8, 4) is 5.69 Å². The maximum Gasteiger partial charge on any atom is 0.329 e. The van der Waals surface area contributed by atoms with Crippen molar-refractivity contribution in [1.29, 1.82) is 0 Å². The smallest absolute Gasteiger partial charge is 0.318 e. The van der Waals surface area contributed by atoms with Gasteiger partial charge < -0.3 is 9.88 Å². The lowest BCUT2D eigenvalue weighted by atomic mass is 10.1. The fourth-order valence-corrected chi connectivity index (χ4v) is 3.80. The van der Waals surface area contributed by atoms with Crippen LogP contribution in [0.3, 0.4) is 0 Å². The van der Waals surface area contributed by atoms with Crippen LogP contribution in [0.5, 0.6) is 0 Å². The molecule has 0 unspecified atom stereocenters. The standard InChI is InChI=1S/C24H22N4O4/c1-15-4-6-18(7-5-15)14-26-23(29)22(25-24(26)30)13-19-12-16(2)27(17(19)3)20-8-10-21(11-9-20)28(31)32/h4-13H,14H2,1-3H3,(H,25,30)/b22-13-. The Morgan fingerprint density at radius 2 is 1.66 bits per heavy atom. The van der Waals surface area contributed by atoms with E-state index in [1.165, 1.54) is 17.0 Å². The zero-order valence-corrected chi connectivity index (χ0v) is 18.0. The molecule has 32 heavy (non-hydrogen) atoms. The Morgan fingerprint density at radius 3 is 2.28 bits per heavy atom. The third kappa shape index (κ3) is 3.90. The van der Waals surface area contributed by atoms with Crippen LogP contribution in [0.25, 0.3) is 11.8 Å². The number of urea groups is 1. The molecule has 8 heteroatoms. The number of non-ortho nitro benzene ring substituents is 1. The van der Waals surface area contributed by atoms with Crippen LogP contribution in [0, 0.1) is 30.9 Å². The minimum absolute atomic E-state index is 0.0199. The summed E-state index contributed by atoms with van der Waals surface area (Å²) in [5.41, 5.74) is 5.52. The number of nitro benzene ring substituents is 1. The number of nitro groups is 1. The second kappa shape index (κ2) is 8.14. The zero-order valence-electron chi connectivity index (χ0n) is 18.0. The number of nitrogens with one attached hydrogen (secondary N) is 1. The summed E-state index contributed by atoms with van der Waals surface area (Å²) < 4.78 is 1.95. The summed E-state index contributed by atoms with van der Waals surface area (Å²) in [5.74, 6) is -0.379. The summed E-state index contributed by atoms with van der Waals surface area (Å²) in [6.07, 6.45) is 1.67. The van der Waals surface area contributed by atoms with Crippen LogP contribution in [0.2, 0.25) is 0 Å². The predicted molar refractivity (Wildman–Crippen MR) is 120 cm³/mol. The molecule has 162 valence electrons. The van der Waals surface area contributed by atoms with Gasteiger partial charge >= 0.3 is 6.03 Å². The first-order chi connectivity index (χ1) is 15.2. The van der Waals surface area contributed by atoms with E-state index in [4.69, 9.17) is 0 Å². The minimum Gasteiger partial charge on any atom is -0.318 e. The molecule has 0 aliphatic carbocycles. The number of hydrogen-bond donors (Lipinski definition) is 1. The van der Waals surface area contributed by atoms with Crippen molar-refractivity contribution in [1.82, 2.24) is 14.8 Å². The fourth-order valence-electron chi connectivity index (χ4n) is 3.80. The molecule has 0 atom stereocenters. The van der Waals surface area contributed by atoms with Gasteiger partial charge in [0.15, 0.2) is 0 Å². The molecule has 0 bridgehead atoms. The fraction of sp³-hybridized carbons (Fsp3) is 0.167. The van der Waals surface area contributed by atoms with Gasteiger partial charge in [-0.05, 0) is 56.2 Å². The molecular weight excluding hydrogens is 408 g/mol. The number of carbonyl (C=O) groups excluding carboxylic acids is 2. The lowest BCUT2D eigenvalue weighted by molar-refractivity contribution is -0.384. The Bertz CT molecular complexity index is 1250. The van der Waals surface area contributed by atoms with Gasteiger partial charge in [0.05, 0.1) is 11.5 Å². The van der Waals surface area contributed by atoms with Crippen LogP contribution in [0.1, 0.15) is 28.1 Å². The van der Waals surface area contributed by atoms with E-state index in [2.05, 4.69) is 5.32 Å². The van der Waals surface area contributed by atoms with E-state index in [1.54, 1.807) is 18.2 Å². The van der Waals surface area contributed by atoms with E-state index in [0.29, 0.717) is 0 Å². The summed E-state index contributed by atoms with van der Waals surface area (Å²) in [6.45, 7) is 5.98. The highest BCUT2D eigenvalue weighted by Gasteiger charge is 2.33. The highest BCUT2D eigenvalue weighted by Crippen LogP contribution is 2.25. The summed E-state index contributed by atoms with van der Waals surface area (Å²) in [4.78, 5) is 36.9. The molecule has 1 fully saturated rings. The Hall–Kier alpha value is -4.20. The number of amides is 3. The van der Waals surface area contributed by atoms with Gasteiger partial charge in [0.1, 0.15) is 5.70 Å². The van der Waals surface area contributed by atoms with Crippen molar-refractivity contribution in [2.75, 3.05) is 0 Å². The number of carbonyl (C=O) groups is 2. The number of imide groups is 1. The summed E-state index contributed by atoms with van der Waals surface area (Å²) >= 11 is 0. The number of aromatic nitrogens is 1. The van der Waals surface area contributed by atoms with Crippen LogP contribution >= 0.6 is 0 Å². The average Bonchev–Trinajstić information content (AvgIpc) is 3.19. The minimum atomic E-state index is -0.453. The first-order valence-electron chi connectivity index (χ1n) is 10.1. The molecule has 4 rings (SSSR count). The molecule has 1 N–H and O–H groups in total. The van der Waals surface area contributed by atoms with Crippen molar-refractivity contribution in [3.05, 3.63) is 98.5 Å². The van der Waals surface area contributed by atoms with Crippen LogP contribution in [-0.2, 0) is 11.3 Å². The molecule has 1 aromatic heterocycles. The number of hydrogen-bond acceptors (Lipinski definition) is 4. The zero-order chi connectivity index (χ0) is 23.0. The highest BCUT2D eigenvalue weighted by molar-refractivity contribution is 6.14. The molecule has 3 aromatic rings. The van der Waals surface area contributed by atoms with Gasteiger partial charge in [-0.1, -0.05) is 29.8 Å². The van der Waals surface area contributed by atoms with E-state index in [9.17, 15) is 19.7 Å². The highest BCUT2D eigenvalue weighted by atomic mass is 16.6. The average molecular weight is 430 g/mol. The van der Waals surface area contributed by atoms with Gasteiger partial charge in [-0.15, -0.1) is 0 Å². The summed E-state index contributed by atoms with van der Waals surface area (Å²) in [5, 5.41) is 13.6. The molecule has 1 aliphatic rings. The van der Waals surface area contributed by atoms with Gasteiger partial charge in [-0.3, -0.25) is 19.8 Å². The second-order valence-electron chi connectivity index (χ2n) is 7.80. The lowest BCUT2D eigenvalue weighted by Gasteiger charge is -2.11. The molecule has 1 saturated heterocycles. The van der Waals surface area contributed by atoms with Gasteiger partial charge in [0.2, 0.25) is 0 Å². The van der Waals surface area contributed by atoms with Crippen molar-refractivity contribution in [3.63, 3.8) is 0 Å². The van der Waals surface area contributed by atoms with Gasteiger partial charge in [0.25, 0.3) is 11.6 Å². The Balaban J connectivity index is 1.61. The molecule has 1 aliphatic heterocycles. The third-order valence-corrected chi connectivity index (χ3v) is 5.51. The van der Waals surface area contributed by atoms with E-state index in [-0.39, 0.29) is 23.8 Å². The second-order valence-corrected chi connectivity index (χ2v) is 7.80. The Morgan fingerprint density at radius 1 is 1.00 bits per heavy atom. The Kier molecular flexibility index (Phi) is 5.36. The molecule has 0 radical (unpaired) electrons. The van der Waals surface area contributed by atoms with Crippen molar-refractivity contribution in [2.45, 2.75) is 27.3 Å². The van der Waals surface area contributed by atoms with Crippen molar-refractivity contribution < 1.29 is 14.5 Å². The predicted octanol–water partition coefficient (Wildman–Crippen LogP) is 4.40. The quantitative estimate of drug-likeness (QED) is 0.281. The first kappa shape index (κ1) is 21.0. The molecule has 2 heterocycles. The van der Waals surface area contributed by atoms with Gasteiger partial charge in [-0.25, -0.2) is 4.79 Å². The Labute approximate surface area is 184 Å². The SMILES string of the molecule is Cc1ccc(CN2C(=O)N/C(=C\c3cc(C)n(-c4ccc([N+](=O)[O-])cc4)c3C)C2=O)cc1. The molecular formula is C24H22N4O4. The van der Waals surface area contributed by atoms with Crippen LogP contribution in [0.15, 0.2) is 60.3 Å². The molecule has 2 aromatic carbocycles. The van der Waals surface area contributed by atoms with E-state index < -0.39 is 11.0 Å². The molecule has 3 amide bonds. The van der Waals surface area contributed by atoms with E-state index in [1.807, 2.05) is 55.7 Å². The maximum atomic E-state index is 12.9. The summed E-state index contributed by atoms with van der Waals surface area (Å²) in [6, 6.07) is 15.4.